The Hall–Kier alpha value is -3.11. The topological polar surface area (TPSA) is 49.4 Å². The Kier molecular flexibility index (Phi) is 9.08. The lowest BCUT2D eigenvalue weighted by Crippen LogP contribution is -2.51. The molecular weight excluding hydrogens is 432 g/mol. The molecule has 0 aliphatic carbocycles. The third-order valence-corrected chi connectivity index (χ3v) is 5.90. The summed E-state index contributed by atoms with van der Waals surface area (Å²) in [5, 5.41) is 3.61. The van der Waals surface area contributed by atoms with Crippen molar-refractivity contribution in [3.05, 3.63) is 106 Å². The van der Waals surface area contributed by atoms with Crippen LogP contribution in [0.1, 0.15) is 35.6 Å². The van der Waals surface area contributed by atoms with Crippen LogP contribution < -0.4 is 5.32 Å². The highest BCUT2D eigenvalue weighted by Crippen LogP contribution is 2.19. The van der Waals surface area contributed by atoms with Gasteiger partial charge in [0.1, 0.15) is 6.04 Å². The predicted molar refractivity (Wildman–Crippen MR) is 134 cm³/mol. The maximum absolute atomic E-state index is 13.7. The molecule has 0 fully saturated rings. The Morgan fingerprint density at radius 2 is 1.64 bits per heavy atom. The van der Waals surface area contributed by atoms with Gasteiger partial charge in [0.2, 0.25) is 11.8 Å². The smallest absolute Gasteiger partial charge is 0.243 e. The fraction of sp³-hybridized carbons (Fsp3) is 0.286. The zero-order chi connectivity index (χ0) is 23.6. The highest BCUT2D eigenvalue weighted by molar-refractivity contribution is 6.30. The average Bonchev–Trinajstić information content (AvgIpc) is 2.82. The van der Waals surface area contributed by atoms with E-state index in [1.165, 1.54) is 0 Å². The molecule has 0 saturated carbocycles. The number of nitrogens with zero attached hydrogens (tertiary/aromatic N) is 1. The number of benzene rings is 3. The van der Waals surface area contributed by atoms with Gasteiger partial charge >= 0.3 is 0 Å². The summed E-state index contributed by atoms with van der Waals surface area (Å²) in [5.74, 6) is -0.224. The highest BCUT2D eigenvalue weighted by atomic mass is 35.5. The van der Waals surface area contributed by atoms with Gasteiger partial charge in [-0.25, -0.2) is 0 Å². The first kappa shape index (κ1) is 24.5. The third-order valence-electron chi connectivity index (χ3n) is 5.67. The SMILES string of the molecule is CCCNC(=O)[C@H](Cc1ccccc1)N(Cc1cccc(Cl)c1)C(=O)Cc1ccccc1C. The van der Waals surface area contributed by atoms with Gasteiger partial charge in [-0.05, 0) is 47.7 Å². The average molecular weight is 463 g/mol. The molecule has 1 atom stereocenters. The molecule has 0 aliphatic heterocycles. The van der Waals surface area contributed by atoms with Crippen LogP contribution in [0.25, 0.3) is 0 Å². The number of rotatable bonds is 10. The van der Waals surface area contributed by atoms with E-state index in [4.69, 9.17) is 11.6 Å². The summed E-state index contributed by atoms with van der Waals surface area (Å²) in [5.41, 5.74) is 3.92. The Bertz CT molecular complexity index is 1070. The summed E-state index contributed by atoms with van der Waals surface area (Å²) in [6, 6.07) is 24.5. The molecule has 5 heteroatoms. The number of amides is 2. The number of aryl methyl sites for hydroxylation is 1. The fourth-order valence-corrected chi connectivity index (χ4v) is 4.04. The van der Waals surface area contributed by atoms with Crippen molar-refractivity contribution in [3.8, 4) is 0 Å². The van der Waals surface area contributed by atoms with Crippen LogP contribution in [-0.2, 0) is 29.0 Å². The van der Waals surface area contributed by atoms with Gasteiger partial charge in [-0.1, -0.05) is 85.3 Å². The van der Waals surface area contributed by atoms with E-state index in [9.17, 15) is 9.59 Å². The number of carbonyl (C=O) groups is 2. The van der Waals surface area contributed by atoms with Crippen molar-refractivity contribution >= 4 is 23.4 Å². The number of carbonyl (C=O) groups excluding carboxylic acids is 2. The number of hydrogen-bond acceptors (Lipinski definition) is 2. The first-order valence-electron chi connectivity index (χ1n) is 11.4. The lowest BCUT2D eigenvalue weighted by molar-refractivity contribution is -0.140. The monoisotopic (exact) mass is 462 g/mol. The molecular formula is C28H31ClN2O2. The summed E-state index contributed by atoms with van der Waals surface area (Å²) in [4.78, 5) is 28.7. The van der Waals surface area contributed by atoms with E-state index in [0.717, 1.165) is 28.7 Å². The van der Waals surface area contributed by atoms with Gasteiger partial charge in [0.05, 0.1) is 6.42 Å². The van der Waals surface area contributed by atoms with Crippen LogP contribution in [0.15, 0.2) is 78.9 Å². The fourth-order valence-electron chi connectivity index (χ4n) is 3.82. The van der Waals surface area contributed by atoms with Crippen LogP contribution in [0, 0.1) is 6.92 Å². The quantitative estimate of drug-likeness (QED) is 0.441. The van der Waals surface area contributed by atoms with E-state index in [2.05, 4.69) is 5.32 Å². The molecule has 3 aromatic carbocycles. The largest absolute Gasteiger partial charge is 0.354 e. The second-order valence-corrected chi connectivity index (χ2v) is 8.69. The molecule has 0 saturated heterocycles. The Balaban J connectivity index is 1.96. The lowest BCUT2D eigenvalue weighted by Gasteiger charge is -2.32. The summed E-state index contributed by atoms with van der Waals surface area (Å²) in [6.45, 7) is 4.89. The highest BCUT2D eigenvalue weighted by Gasteiger charge is 2.30. The van der Waals surface area contributed by atoms with Crippen molar-refractivity contribution in [1.82, 2.24) is 10.2 Å². The molecule has 33 heavy (non-hydrogen) atoms. The van der Waals surface area contributed by atoms with Crippen LogP contribution in [0.3, 0.4) is 0 Å². The Morgan fingerprint density at radius 3 is 2.33 bits per heavy atom. The van der Waals surface area contributed by atoms with Crippen molar-refractivity contribution in [3.63, 3.8) is 0 Å². The van der Waals surface area contributed by atoms with Crippen molar-refractivity contribution in [2.45, 2.75) is 45.7 Å². The molecule has 0 bridgehead atoms. The second-order valence-electron chi connectivity index (χ2n) is 8.25. The minimum Gasteiger partial charge on any atom is -0.354 e. The van der Waals surface area contributed by atoms with Gasteiger partial charge in [0, 0.05) is 24.5 Å². The van der Waals surface area contributed by atoms with Crippen LogP contribution in [-0.4, -0.2) is 29.3 Å². The Morgan fingerprint density at radius 1 is 0.939 bits per heavy atom. The van der Waals surface area contributed by atoms with E-state index in [0.29, 0.717) is 24.5 Å². The number of hydrogen-bond donors (Lipinski definition) is 1. The predicted octanol–water partition coefficient (Wildman–Crippen LogP) is 5.36. The van der Waals surface area contributed by atoms with Gasteiger partial charge in [0.25, 0.3) is 0 Å². The maximum atomic E-state index is 13.7. The normalized spacial score (nSPS) is 11.6. The molecule has 1 N–H and O–H groups in total. The van der Waals surface area contributed by atoms with Crippen LogP contribution in [0.2, 0.25) is 5.02 Å². The zero-order valence-corrected chi connectivity index (χ0v) is 20.0. The van der Waals surface area contributed by atoms with Gasteiger partial charge < -0.3 is 10.2 Å². The first-order chi connectivity index (χ1) is 16.0. The summed E-state index contributed by atoms with van der Waals surface area (Å²) >= 11 is 6.22. The molecule has 0 radical (unpaired) electrons. The van der Waals surface area contributed by atoms with Crippen molar-refractivity contribution in [2.75, 3.05) is 6.54 Å². The van der Waals surface area contributed by atoms with Gasteiger partial charge in [0.15, 0.2) is 0 Å². The third kappa shape index (κ3) is 7.19. The van der Waals surface area contributed by atoms with Crippen molar-refractivity contribution in [2.24, 2.45) is 0 Å². The van der Waals surface area contributed by atoms with Crippen LogP contribution in [0.4, 0.5) is 0 Å². The van der Waals surface area contributed by atoms with Crippen molar-refractivity contribution < 1.29 is 9.59 Å². The molecule has 0 spiro atoms. The molecule has 2 amide bonds. The van der Waals surface area contributed by atoms with E-state index in [-0.39, 0.29) is 18.2 Å². The molecule has 0 aromatic heterocycles. The minimum absolute atomic E-state index is 0.0862. The molecule has 172 valence electrons. The number of halogens is 1. The first-order valence-corrected chi connectivity index (χ1v) is 11.8. The summed E-state index contributed by atoms with van der Waals surface area (Å²) in [6.07, 6.45) is 1.51. The second kappa shape index (κ2) is 12.2. The van der Waals surface area contributed by atoms with E-state index < -0.39 is 6.04 Å². The molecule has 4 nitrogen and oxygen atoms in total. The van der Waals surface area contributed by atoms with Gasteiger partial charge in [-0.3, -0.25) is 9.59 Å². The zero-order valence-electron chi connectivity index (χ0n) is 19.3. The van der Waals surface area contributed by atoms with Crippen molar-refractivity contribution in [1.29, 1.82) is 0 Å². The van der Waals surface area contributed by atoms with Crippen LogP contribution in [0.5, 0.6) is 0 Å². The standard InChI is InChI=1S/C28H31ClN2O2/c1-3-16-30-28(33)26(18-22-11-5-4-6-12-22)31(20-23-13-9-15-25(29)17-23)27(32)19-24-14-8-7-10-21(24)2/h4-15,17,26H,3,16,18-20H2,1-2H3,(H,30,33)/t26-/m0/s1. The molecule has 0 unspecified atom stereocenters. The van der Waals surface area contributed by atoms with Gasteiger partial charge in [-0.2, -0.15) is 0 Å². The molecule has 0 aliphatic rings. The van der Waals surface area contributed by atoms with E-state index in [1.807, 2.05) is 86.6 Å². The lowest BCUT2D eigenvalue weighted by atomic mass is 10.00. The molecule has 0 heterocycles. The summed E-state index contributed by atoms with van der Waals surface area (Å²) < 4.78 is 0. The number of nitrogens with one attached hydrogen (secondary N) is 1. The minimum atomic E-state index is -0.630. The molecule has 3 aromatic rings. The van der Waals surface area contributed by atoms with Crippen LogP contribution >= 0.6 is 11.6 Å². The van der Waals surface area contributed by atoms with E-state index in [1.54, 1.807) is 11.0 Å². The van der Waals surface area contributed by atoms with Gasteiger partial charge in [-0.15, -0.1) is 0 Å². The van der Waals surface area contributed by atoms with E-state index >= 15 is 0 Å². The maximum Gasteiger partial charge on any atom is 0.243 e. The molecule has 3 rings (SSSR count). The summed E-state index contributed by atoms with van der Waals surface area (Å²) in [7, 11) is 0. The Labute approximate surface area is 201 Å².